The van der Waals surface area contributed by atoms with E-state index in [1.165, 1.54) is 13.8 Å². The van der Waals surface area contributed by atoms with Crippen molar-refractivity contribution in [2.45, 2.75) is 13.8 Å². The average molecular weight is 250 g/mol. The van der Waals surface area contributed by atoms with Gasteiger partial charge in [-0.3, -0.25) is 14.4 Å². The molecule has 0 aliphatic heterocycles. The molecule has 0 bridgehead atoms. The first-order valence-electron chi connectivity index (χ1n) is 5.30. The third-order valence-electron chi connectivity index (χ3n) is 1.90. The van der Waals surface area contributed by atoms with Crippen molar-refractivity contribution >= 4 is 23.5 Å². The number of carbonyl (C=O) groups is 3. The summed E-state index contributed by atoms with van der Waals surface area (Å²) < 4.78 is 4.84. The van der Waals surface area contributed by atoms with Gasteiger partial charge in [-0.1, -0.05) is 0 Å². The molecule has 2 amide bonds. The number of anilines is 1. The van der Waals surface area contributed by atoms with Crippen LogP contribution in [0, 0.1) is 0 Å². The summed E-state index contributed by atoms with van der Waals surface area (Å²) in [6, 6.07) is 6.33. The lowest BCUT2D eigenvalue weighted by molar-refractivity contribution is -0.131. The maximum atomic E-state index is 11.4. The van der Waals surface area contributed by atoms with E-state index in [1.54, 1.807) is 24.3 Å². The Labute approximate surface area is 104 Å². The van der Waals surface area contributed by atoms with Crippen molar-refractivity contribution in [2.75, 3.05) is 11.9 Å². The number of hydrogen-bond acceptors (Lipinski definition) is 4. The highest BCUT2D eigenvalue weighted by atomic mass is 16.5. The summed E-state index contributed by atoms with van der Waals surface area (Å²) in [6.45, 7) is 2.56. The van der Waals surface area contributed by atoms with Gasteiger partial charge in [0.25, 0.3) is 0 Å². The van der Waals surface area contributed by atoms with Crippen LogP contribution >= 0.6 is 0 Å². The molecule has 96 valence electrons. The van der Waals surface area contributed by atoms with Gasteiger partial charge in [0.05, 0.1) is 6.54 Å². The van der Waals surface area contributed by atoms with Gasteiger partial charge < -0.3 is 15.4 Å². The highest BCUT2D eigenvalue weighted by Gasteiger charge is 2.03. The van der Waals surface area contributed by atoms with Crippen molar-refractivity contribution in [3.05, 3.63) is 24.3 Å². The van der Waals surface area contributed by atoms with Crippen molar-refractivity contribution in [1.29, 1.82) is 0 Å². The van der Waals surface area contributed by atoms with Gasteiger partial charge in [-0.05, 0) is 24.3 Å². The van der Waals surface area contributed by atoms with Crippen LogP contribution in [0.5, 0.6) is 5.75 Å². The molecule has 0 aromatic heterocycles. The first-order valence-corrected chi connectivity index (χ1v) is 5.30. The van der Waals surface area contributed by atoms with Gasteiger partial charge in [0.15, 0.2) is 0 Å². The fraction of sp³-hybridized carbons (Fsp3) is 0.250. The first-order chi connectivity index (χ1) is 8.47. The van der Waals surface area contributed by atoms with Crippen molar-refractivity contribution in [1.82, 2.24) is 5.32 Å². The molecule has 0 saturated carbocycles. The van der Waals surface area contributed by atoms with Crippen LogP contribution in [-0.2, 0) is 14.4 Å². The number of hydrogen-bond donors (Lipinski definition) is 2. The van der Waals surface area contributed by atoms with E-state index in [0.717, 1.165) is 0 Å². The smallest absolute Gasteiger partial charge is 0.308 e. The molecule has 0 aliphatic carbocycles. The summed E-state index contributed by atoms with van der Waals surface area (Å²) in [5.74, 6) is -0.597. The molecule has 2 N–H and O–H groups in total. The Morgan fingerprint density at radius 3 is 2.22 bits per heavy atom. The van der Waals surface area contributed by atoms with E-state index in [1.807, 2.05) is 0 Å². The van der Waals surface area contributed by atoms with E-state index in [2.05, 4.69) is 10.6 Å². The van der Waals surface area contributed by atoms with E-state index < -0.39 is 5.97 Å². The zero-order valence-electron chi connectivity index (χ0n) is 10.1. The van der Waals surface area contributed by atoms with Crippen molar-refractivity contribution < 1.29 is 19.1 Å². The molecular formula is C12H14N2O4. The summed E-state index contributed by atoms with van der Waals surface area (Å²) in [7, 11) is 0. The zero-order valence-corrected chi connectivity index (χ0v) is 10.1. The number of esters is 1. The molecule has 0 unspecified atom stereocenters. The molecule has 1 aromatic carbocycles. The molecule has 18 heavy (non-hydrogen) atoms. The molecule has 0 heterocycles. The number of nitrogens with one attached hydrogen (secondary N) is 2. The Kier molecular flexibility index (Phi) is 4.86. The second-order valence-corrected chi connectivity index (χ2v) is 3.58. The lowest BCUT2D eigenvalue weighted by Gasteiger charge is -2.06. The quantitative estimate of drug-likeness (QED) is 0.608. The Morgan fingerprint density at radius 1 is 1.11 bits per heavy atom. The van der Waals surface area contributed by atoms with E-state index in [-0.39, 0.29) is 18.4 Å². The molecule has 0 saturated heterocycles. The molecule has 0 fully saturated rings. The number of rotatable bonds is 4. The van der Waals surface area contributed by atoms with E-state index >= 15 is 0 Å². The second-order valence-electron chi connectivity index (χ2n) is 3.58. The van der Waals surface area contributed by atoms with Crippen LogP contribution in [0.25, 0.3) is 0 Å². The lowest BCUT2D eigenvalue weighted by atomic mass is 10.3. The lowest BCUT2D eigenvalue weighted by Crippen LogP contribution is -2.31. The summed E-state index contributed by atoms with van der Waals surface area (Å²) in [4.78, 5) is 32.7. The van der Waals surface area contributed by atoms with Crippen LogP contribution < -0.4 is 15.4 Å². The maximum Gasteiger partial charge on any atom is 0.308 e. The SMILES string of the molecule is CC(=O)NCC(=O)Nc1ccc(OC(C)=O)cc1. The first kappa shape index (κ1) is 13.7. The van der Waals surface area contributed by atoms with Gasteiger partial charge in [-0.15, -0.1) is 0 Å². The number of benzene rings is 1. The van der Waals surface area contributed by atoms with E-state index in [0.29, 0.717) is 11.4 Å². The third-order valence-corrected chi connectivity index (χ3v) is 1.90. The number of amides is 2. The third kappa shape index (κ3) is 5.11. The normalized spacial score (nSPS) is 9.44. The molecule has 0 aliphatic rings. The zero-order chi connectivity index (χ0) is 13.5. The number of ether oxygens (including phenoxy) is 1. The monoisotopic (exact) mass is 250 g/mol. The summed E-state index contributed by atoms with van der Waals surface area (Å²) in [5, 5.41) is 4.97. The van der Waals surface area contributed by atoms with Gasteiger partial charge in [-0.2, -0.15) is 0 Å². The molecule has 0 spiro atoms. The predicted octanol–water partition coefficient (Wildman–Crippen LogP) is 0.686. The Balaban J connectivity index is 2.50. The van der Waals surface area contributed by atoms with Crippen LogP contribution in [0.4, 0.5) is 5.69 Å². The van der Waals surface area contributed by atoms with E-state index in [9.17, 15) is 14.4 Å². The van der Waals surface area contributed by atoms with Crippen LogP contribution in [0.1, 0.15) is 13.8 Å². The highest BCUT2D eigenvalue weighted by Crippen LogP contribution is 2.15. The second kappa shape index (κ2) is 6.39. The average Bonchev–Trinajstić information content (AvgIpc) is 2.28. The molecule has 0 atom stereocenters. The van der Waals surface area contributed by atoms with Gasteiger partial charge in [0, 0.05) is 19.5 Å². The minimum Gasteiger partial charge on any atom is -0.427 e. The van der Waals surface area contributed by atoms with Crippen LogP contribution in [0.2, 0.25) is 0 Å². The Hall–Kier alpha value is -2.37. The van der Waals surface area contributed by atoms with Gasteiger partial charge >= 0.3 is 5.97 Å². The fourth-order valence-electron chi connectivity index (χ4n) is 1.18. The van der Waals surface area contributed by atoms with Crippen LogP contribution in [-0.4, -0.2) is 24.3 Å². The van der Waals surface area contributed by atoms with Crippen molar-refractivity contribution in [3.63, 3.8) is 0 Å². The molecular weight excluding hydrogens is 236 g/mol. The molecule has 0 radical (unpaired) electrons. The van der Waals surface area contributed by atoms with Gasteiger partial charge in [0.2, 0.25) is 11.8 Å². The summed E-state index contributed by atoms with van der Waals surface area (Å²) in [5.41, 5.74) is 0.557. The van der Waals surface area contributed by atoms with E-state index in [4.69, 9.17) is 4.74 Å². The number of carbonyl (C=O) groups excluding carboxylic acids is 3. The van der Waals surface area contributed by atoms with Crippen LogP contribution in [0.15, 0.2) is 24.3 Å². The predicted molar refractivity (Wildman–Crippen MR) is 65.1 cm³/mol. The summed E-state index contributed by atoms with van der Waals surface area (Å²) >= 11 is 0. The maximum absolute atomic E-state index is 11.4. The molecule has 1 aromatic rings. The minimum absolute atomic E-state index is 0.0823. The highest BCUT2D eigenvalue weighted by molar-refractivity contribution is 5.94. The molecule has 1 rings (SSSR count). The fourth-order valence-corrected chi connectivity index (χ4v) is 1.18. The molecule has 6 nitrogen and oxygen atoms in total. The Morgan fingerprint density at radius 2 is 1.72 bits per heavy atom. The van der Waals surface area contributed by atoms with Crippen molar-refractivity contribution in [2.24, 2.45) is 0 Å². The van der Waals surface area contributed by atoms with Gasteiger partial charge in [-0.25, -0.2) is 0 Å². The topological polar surface area (TPSA) is 84.5 Å². The molecule has 6 heteroatoms. The Bertz CT molecular complexity index is 454. The largest absolute Gasteiger partial charge is 0.427 e. The minimum atomic E-state index is -0.405. The van der Waals surface area contributed by atoms with Crippen LogP contribution in [0.3, 0.4) is 0 Å². The van der Waals surface area contributed by atoms with Crippen molar-refractivity contribution in [3.8, 4) is 5.75 Å². The van der Waals surface area contributed by atoms with Gasteiger partial charge in [0.1, 0.15) is 5.75 Å². The standard InChI is InChI=1S/C12H14N2O4/c1-8(15)13-7-12(17)14-10-3-5-11(6-4-10)18-9(2)16/h3-6H,7H2,1-2H3,(H,13,15)(H,14,17). The summed E-state index contributed by atoms with van der Waals surface area (Å²) in [6.07, 6.45) is 0.